The minimum atomic E-state index is -0.426. The first kappa shape index (κ1) is 16.7. The number of anilines is 1. The fourth-order valence-corrected chi connectivity index (χ4v) is 4.19. The number of likely N-dealkylation sites (tertiary alicyclic amines) is 1. The van der Waals surface area contributed by atoms with E-state index >= 15 is 0 Å². The molecule has 1 aromatic heterocycles. The van der Waals surface area contributed by atoms with Crippen LogP contribution in [-0.4, -0.2) is 58.9 Å². The van der Waals surface area contributed by atoms with Crippen LogP contribution in [-0.2, 0) is 9.47 Å². The largest absolute Gasteiger partial charge is 0.440 e. The minimum absolute atomic E-state index is 0.281. The molecule has 0 radical (unpaired) electrons. The second-order valence-electron chi connectivity index (χ2n) is 7.54. The Kier molecular flexibility index (Phi) is 4.37. The first-order valence-electron chi connectivity index (χ1n) is 9.24. The normalized spacial score (nSPS) is 26.6. The Morgan fingerprint density at radius 1 is 1.28 bits per heavy atom. The molecule has 7 nitrogen and oxygen atoms in total. The maximum absolute atomic E-state index is 12.4. The zero-order valence-electron chi connectivity index (χ0n) is 15.0. The summed E-state index contributed by atoms with van der Waals surface area (Å²) in [6.07, 6.45) is 6.92. The highest BCUT2D eigenvalue weighted by Crippen LogP contribution is 2.36. The van der Waals surface area contributed by atoms with Crippen LogP contribution in [0, 0.1) is 0 Å². The first-order valence-corrected chi connectivity index (χ1v) is 9.24. The van der Waals surface area contributed by atoms with E-state index < -0.39 is 5.60 Å². The van der Waals surface area contributed by atoms with Gasteiger partial charge in [-0.3, -0.25) is 14.8 Å². The average molecular weight is 346 g/mol. The van der Waals surface area contributed by atoms with Gasteiger partial charge in [-0.05, 0) is 33.2 Å². The summed E-state index contributed by atoms with van der Waals surface area (Å²) in [4.78, 5) is 25.7. The number of nitrogens with zero attached hydrogens (tertiary/aromatic N) is 4. The van der Waals surface area contributed by atoms with Crippen molar-refractivity contribution in [3.63, 3.8) is 0 Å². The Morgan fingerprint density at radius 3 is 2.84 bits per heavy atom. The fraction of sp³-hybridized carbons (Fsp3) is 0.722. The average Bonchev–Trinajstić information content (AvgIpc) is 3.21. The zero-order chi connectivity index (χ0) is 17.4. The number of rotatable bonds is 3. The van der Waals surface area contributed by atoms with Gasteiger partial charge in [0.2, 0.25) is 0 Å². The van der Waals surface area contributed by atoms with Gasteiger partial charge in [0.25, 0.3) is 0 Å². The van der Waals surface area contributed by atoms with Gasteiger partial charge >= 0.3 is 6.09 Å². The molecule has 4 heterocycles. The van der Waals surface area contributed by atoms with Crippen LogP contribution in [0.5, 0.6) is 0 Å². The second-order valence-corrected chi connectivity index (χ2v) is 7.54. The van der Waals surface area contributed by atoms with E-state index in [0.717, 1.165) is 31.5 Å². The highest BCUT2D eigenvalue weighted by Gasteiger charge is 2.47. The highest BCUT2D eigenvalue weighted by molar-refractivity contribution is 5.89. The predicted molar refractivity (Wildman–Crippen MR) is 92.5 cm³/mol. The molecule has 0 N–H and O–H groups in total. The van der Waals surface area contributed by atoms with E-state index in [4.69, 9.17) is 14.5 Å². The Balaban J connectivity index is 1.56. The maximum atomic E-state index is 12.4. The zero-order valence-corrected chi connectivity index (χ0v) is 15.0. The molecule has 0 aromatic carbocycles. The SMILES string of the molecule is CC(C)N1CCC[C@H]1c1cncc(N2CC3(CCOCC3)OC2=O)n1. The molecule has 1 amide bonds. The quantitative estimate of drug-likeness (QED) is 0.838. The third-order valence-electron chi connectivity index (χ3n) is 5.59. The fourth-order valence-electron chi connectivity index (χ4n) is 4.19. The lowest BCUT2D eigenvalue weighted by molar-refractivity contribution is -0.0431. The van der Waals surface area contributed by atoms with E-state index in [1.807, 2.05) is 6.20 Å². The molecular weight excluding hydrogens is 320 g/mol. The van der Waals surface area contributed by atoms with Gasteiger partial charge in [0.05, 0.1) is 43.9 Å². The van der Waals surface area contributed by atoms with E-state index in [1.54, 1.807) is 11.1 Å². The van der Waals surface area contributed by atoms with Crippen LogP contribution in [0.2, 0.25) is 0 Å². The molecule has 1 aromatic rings. The van der Waals surface area contributed by atoms with E-state index in [0.29, 0.717) is 31.6 Å². The highest BCUT2D eigenvalue weighted by atomic mass is 16.6. The van der Waals surface area contributed by atoms with Crippen LogP contribution >= 0.6 is 0 Å². The van der Waals surface area contributed by atoms with E-state index in [-0.39, 0.29) is 12.1 Å². The van der Waals surface area contributed by atoms with Crippen LogP contribution in [0.25, 0.3) is 0 Å². The summed E-state index contributed by atoms with van der Waals surface area (Å²) >= 11 is 0. The van der Waals surface area contributed by atoms with Crippen molar-refractivity contribution >= 4 is 11.9 Å². The Hall–Kier alpha value is -1.73. The summed E-state index contributed by atoms with van der Waals surface area (Å²) in [6, 6.07) is 0.753. The minimum Gasteiger partial charge on any atom is -0.440 e. The predicted octanol–water partition coefficient (Wildman–Crippen LogP) is 2.53. The molecule has 0 saturated carbocycles. The van der Waals surface area contributed by atoms with Gasteiger partial charge < -0.3 is 9.47 Å². The van der Waals surface area contributed by atoms with Crippen LogP contribution in [0.1, 0.15) is 51.3 Å². The molecule has 4 rings (SSSR count). The molecule has 1 spiro atoms. The Labute approximate surface area is 148 Å². The number of hydrogen-bond donors (Lipinski definition) is 0. The third kappa shape index (κ3) is 3.11. The Morgan fingerprint density at radius 2 is 2.08 bits per heavy atom. The number of carbonyl (C=O) groups excluding carboxylic acids is 1. The molecule has 3 aliphatic rings. The summed E-state index contributed by atoms with van der Waals surface area (Å²) in [5.74, 6) is 0.599. The summed E-state index contributed by atoms with van der Waals surface area (Å²) < 4.78 is 11.1. The van der Waals surface area contributed by atoms with Crippen molar-refractivity contribution < 1.29 is 14.3 Å². The van der Waals surface area contributed by atoms with Crippen molar-refractivity contribution in [1.82, 2.24) is 14.9 Å². The summed E-state index contributed by atoms with van der Waals surface area (Å²) in [5, 5.41) is 0. The van der Waals surface area contributed by atoms with E-state index in [1.165, 1.54) is 6.42 Å². The van der Waals surface area contributed by atoms with Gasteiger partial charge in [0.15, 0.2) is 5.82 Å². The summed E-state index contributed by atoms with van der Waals surface area (Å²) in [7, 11) is 0. The molecule has 3 saturated heterocycles. The van der Waals surface area contributed by atoms with Crippen molar-refractivity contribution in [2.45, 2.75) is 57.2 Å². The van der Waals surface area contributed by atoms with Crippen LogP contribution < -0.4 is 4.90 Å². The van der Waals surface area contributed by atoms with Crippen molar-refractivity contribution in [2.75, 3.05) is 31.2 Å². The number of hydrogen-bond acceptors (Lipinski definition) is 6. The van der Waals surface area contributed by atoms with Gasteiger partial charge in [0, 0.05) is 18.9 Å². The van der Waals surface area contributed by atoms with Gasteiger partial charge in [-0.2, -0.15) is 0 Å². The van der Waals surface area contributed by atoms with Gasteiger partial charge in [-0.1, -0.05) is 0 Å². The summed E-state index contributed by atoms with van der Waals surface area (Å²) in [6.45, 7) is 7.32. The van der Waals surface area contributed by atoms with Crippen molar-refractivity contribution in [3.8, 4) is 0 Å². The van der Waals surface area contributed by atoms with E-state index in [9.17, 15) is 4.79 Å². The number of carbonyl (C=O) groups is 1. The lowest BCUT2D eigenvalue weighted by Crippen LogP contribution is -2.40. The molecule has 3 fully saturated rings. The number of aromatic nitrogens is 2. The van der Waals surface area contributed by atoms with Gasteiger partial charge in [-0.15, -0.1) is 0 Å². The van der Waals surface area contributed by atoms with Crippen LogP contribution in [0.3, 0.4) is 0 Å². The van der Waals surface area contributed by atoms with Crippen molar-refractivity contribution in [3.05, 3.63) is 18.1 Å². The molecular formula is C18H26N4O3. The number of ether oxygens (including phenoxy) is 2. The molecule has 7 heteroatoms. The molecule has 0 unspecified atom stereocenters. The van der Waals surface area contributed by atoms with E-state index in [2.05, 4.69) is 23.7 Å². The standard InChI is InChI=1S/C18H26N4O3/c1-13(2)21-7-3-4-15(21)14-10-19-11-16(20-14)22-12-18(25-17(22)23)5-8-24-9-6-18/h10-11,13,15H,3-9,12H2,1-2H3/t15-/m0/s1. The number of amides is 1. The maximum Gasteiger partial charge on any atom is 0.416 e. The van der Waals surface area contributed by atoms with Gasteiger partial charge in [-0.25, -0.2) is 9.78 Å². The monoisotopic (exact) mass is 346 g/mol. The second kappa shape index (κ2) is 6.53. The molecule has 1 atom stereocenters. The smallest absolute Gasteiger partial charge is 0.416 e. The molecule has 25 heavy (non-hydrogen) atoms. The summed E-state index contributed by atoms with van der Waals surface area (Å²) in [5.41, 5.74) is 0.522. The molecule has 0 bridgehead atoms. The van der Waals surface area contributed by atoms with Crippen molar-refractivity contribution in [2.24, 2.45) is 0 Å². The van der Waals surface area contributed by atoms with Crippen LogP contribution in [0.15, 0.2) is 12.4 Å². The lowest BCUT2D eigenvalue weighted by Gasteiger charge is -2.30. The first-order chi connectivity index (χ1) is 12.1. The third-order valence-corrected chi connectivity index (χ3v) is 5.59. The van der Waals surface area contributed by atoms with Gasteiger partial charge in [0.1, 0.15) is 5.60 Å². The van der Waals surface area contributed by atoms with Crippen LogP contribution in [0.4, 0.5) is 10.6 Å². The topological polar surface area (TPSA) is 67.8 Å². The molecule has 3 aliphatic heterocycles. The van der Waals surface area contributed by atoms with Crippen molar-refractivity contribution in [1.29, 1.82) is 0 Å². The molecule has 0 aliphatic carbocycles. The Bertz CT molecular complexity index is 645. The lowest BCUT2D eigenvalue weighted by atomic mass is 9.94. The molecule has 136 valence electrons.